The van der Waals surface area contributed by atoms with Crippen LogP contribution < -0.4 is 11.3 Å². The van der Waals surface area contributed by atoms with E-state index in [4.69, 9.17) is 5.84 Å². The van der Waals surface area contributed by atoms with Crippen molar-refractivity contribution in [2.24, 2.45) is 17.7 Å². The lowest BCUT2D eigenvalue weighted by Gasteiger charge is -2.31. The Morgan fingerprint density at radius 1 is 1.06 bits per heavy atom. The van der Waals surface area contributed by atoms with E-state index in [0.717, 1.165) is 11.8 Å². The van der Waals surface area contributed by atoms with Crippen LogP contribution >= 0.6 is 0 Å². The Morgan fingerprint density at radius 3 is 2.12 bits per heavy atom. The summed E-state index contributed by atoms with van der Waals surface area (Å²) in [6.07, 6.45) is 13.7. The van der Waals surface area contributed by atoms with Crippen molar-refractivity contribution in [3.05, 3.63) is 0 Å². The predicted octanol–water partition coefficient (Wildman–Crippen LogP) is 4.01. The third-order valence-electron chi connectivity index (χ3n) is 4.41. The Bertz CT molecular complexity index is 170. The van der Waals surface area contributed by atoms with Crippen LogP contribution in [0.4, 0.5) is 0 Å². The van der Waals surface area contributed by atoms with Gasteiger partial charge < -0.3 is 0 Å². The third kappa shape index (κ3) is 5.39. The molecule has 17 heavy (non-hydrogen) atoms. The molecule has 1 aliphatic rings. The first-order valence-corrected chi connectivity index (χ1v) is 7.77. The molecule has 1 saturated carbocycles. The van der Waals surface area contributed by atoms with Gasteiger partial charge in [-0.1, -0.05) is 58.8 Å². The summed E-state index contributed by atoms with van der Waals surface area (Å²) in [4.78, 5) is 0. The first kappa shape index (κ1) is 15.0. The topological polar surface area (TPSA) is 38.0 Å². The molecule has 0 aromatic heterocycles. The van der Waals surface area contributed by atoms with E-state index < -0.39 is 0 Å². The highest BCUT2D eigenvalue weighted by molar-refractivity contribution is 4.79. The van der Waals surface area contributed by atoms with Crippen LogP contribution in [-0.2, 0) is 0 Å². The van der Waals surface area contributed by atoms with E-state index in [1.165, 1.54) is 64.2 Å². The summed E-state index contributed by atoms with van der Waals surface area (Å²) in [6.45, 7) is 4.58. The van der Waals surface area contributed by atoms with E-state index >= 15 is 0 Å². The summed E-state index contributed by atoms with van der Waals surface area (Å²) in [5.41, 5.74) is 3.12. The lowest BCUT2D eigenvalue weighted by Crippen LogP contribution is -2.42. The van der Waals surface area contributed by atoms with E-state index in [-0.39, 0.29) is 0 Å². The molecule has 2 heteroatoms. The lowest BCUT2D eigenvalue weighted by atomic mass is 9.80. The van der Waals surface area contributed by atoms with Crippen molar-refractivity contribution in [1.82, 2.24) is 5.43 Å². The van der Waals surface area contributed by atoms with Crippen molar-refractivity contribution in [2.45, 2.75) is 84.1 Å². The van der Waals surface area contributed by atoms with Crippen LogP contribution in [0.1, 0.15) is 78.1 Å². The Labute approximate surface area is 108 Å². The summed E-state index contributed by atoms with van der Waals surface area (Å²) in [6, 6.07) is 0.554. The Balaban J connectivity index is 2.42. The molecular formula is C15H32N2. The molecule has 0 amide bonds. The minimum Gasteiger partial charge on any atom is -0.271 e. The van der Waals surface area contributed by atoms with E-state index in [1.807, 2.05) is 0 Å². The summed E-state index contributed by atoms with van der Waals surface area (Å²) in [5.74, 6) is 7.52. The zero-order valence-electron chi connectivity index (χ0n) is 11.9. The maximum atomic E-state index is 5.80. The maximum Gasteiger partial charge on any atom is 0.0241 e. The first-order chi connectivity index (χ1) is 8.31. The molecule has 2 nitrogen and oxygen atoms in total. The maximum absolute atomic E-state index is 5.80. The second kappa shape index (κ2) is 8.93. The van der Waals surface area contributed by atoms with Crippen LogP contribution in [0.5, 0.6) is 0 Å². The van der Waals surface area contributed by atoms with Crippen LogP contribution in [0.2, 0.25) is 0 Å². The number of nitrogens with one attached hydrogen (secondary N) is 1. The normalized spacial score (nSPS) is 19.8. The van der Waals surface area contributed by atoms with Gasteiger partial charge in [-0.3, -0.25) is 11.3 Å². The second-order valence-corrected chi connectivity index (χ2v) is 5.85. The highest BCUT2D eigenvalue weighted by Gasteiger charge is 2.23. The molecule has 1 rings (SSSR count). The molecule has 0 heterocycles. The molecule has 0 aliphatic heterocycles. The first-order valence-electron chi connectivity index (χ1n) is 7.77. The molecule has 0 aromatic rings. The molecule has 0 saturated heterocycles. The molecule has 0 aromatic carbocycles. The third-order valence-corrected chi connectivity index (χ3v) is 4.41. The predicted molar refractivity (Wildman–Crippen MR) is 75.6 cm³/mol. The fraction of sp³-hybridized carbons (Fsp3) is 1.00. The molecule has 0 radical (unpaired) electrons. The molecular weight excluding hydrogens is 208 g/mol. The molecule has 102 valence electrons. The standard InChI is InChI=1S/C15H32N2/c1-3-8-14(9-4-2)15(17-16)12-13-10-6-5-7-11-13/h13-15,17H,3-12,16H2,1-2H3. The van der Waals surface area contributed by atoms with Gasteiger partial charge in [-0.15, -0.1) is 0 Å². The SMILES string of the molecule is CCCC(CCC)C(CC1CCCCC1)NN. The average Bonchev–Trinajstić information content (AvgIpc) is 2.37. The molecule has 0 bridgehead atoms. The van der Waals surface area contributed by atoms with Crippen LogP contribution in [0.25, 0.3) is 0 Å². The van der Waals surface area contributed by atoms with Crippen LogP contribution in [0.3, 0.4) is 0 Å². The monoisotopic (exact) mass is 240 g/mol. The van der Waals surface area contributed by atoms with E-state index in [2.05, 4.69) is 19.3 Å². The summed E-state index contributed by atoms with van der Waals surface area (Å²) in [7, 11) is 0. The van der Waals surface area contributed by atoms with Crippen LogP contribution in [-0.4, -0.2) is 6.04 Å². The van der Waals surface area contributed by atoms with Crippen molar-refractivity contribution >= 4 is 0 Å². The van der Waals surface area contributed by atoms with Gasteiger partial charge in [0.25, 0.3) is 0 Å². The van der Waals surface area contributed by atoms with Gasteiger partial charge >= 0.3 is 0 Å². The fourth-order valence-corrected chi connectivity index (χ4v) is 3.47. The van der Waals surface area contributed by atoms with Crippen LogP contribution in [0.15, 0.2) is 0 Å². The number of hydrogen-bond acceptors (Lipinski definition) is 2. The summed E-state index contributed by atoms with van der Waals surface area (Å²) >= 11 is 0. The van der Waals surface area contributed by atoms with E-state index in [9.17, 15) is 0 Å². The molecule has 1 aliphatic carbocycles. The number of hydrazine groups is 1. The van der Waals surface area contributed by atoms with Gasteiger partial charge in [-0.2, -0.15) is 0 Å². The number of rotatable bonds is 8. The number of nitrogens with two attached hydrogens (primary N) is 1. The smallest absolute Gasteiger partial charge is 0.0241 e. The van der Waals surface area contributed by atoms with Gasteiger partial charge in [-0.05, 0) is 31.1 Å². The molecule has 1 atom stereocenters. The van der Waals surface area contributed by atoms with E-state index in [0.29, 0.717) is 6.04 Å². The lowest BCUT2D eigenvalue weighted by molar-refractivity contribution is 0.233. The van der Waals surface area contributed by atoms with Crippen molar-refractivity contribution in [3.63, 3.8) is 0 Å². The van der Waals surface area contributed by atoms with Gasteiger partial charge in [-0.25, -0.2) is 0 Å². The minimum absolute atomic E-state index is 0.554. The van der Waals surface area contributed by atoms with Crippen LogP contribution in [0, 0.1) is 11.8 Å². The minimum atomic E-state index is 0.554. The zero-order chi connectivity index (χ0) is 12.5. The van der Waals surface area contributed by atoms with Crippen molar-refractivity contribution in [1.29, 1.82) is 0 Å². The highest BCUT2D eigenvalue weighted by Crippen LogP contribution is 2.30. The Hall–Kier alpha value is -0.0800. The molecule has 0 spiro atoms. The van der Waals surface area contributed by atoms with Gasteiger partial charge in [0.05, 0.1) is 0 Å². The second-order valence-electron chi connectivity index (χ2n) is 5.85. The Morgan fingerprint density at radius 2 is 1.65 bits per heavy atom. The average molecular weight is 240 g/mol. The van der Waals surface area contributed by atoms with Crippen molar-refractivity contribution in [3.8, 4) is 0 Å². The fourth-order valence-electron chi connectivity index (χ4n) is 3.47. The Kier molecular flexibility index (Phi) is 7.87. The van der Waals surface area contributed by atoms with Gasteiger partial charge in [0.1, 0.15) is 0 Å². The zero-order valence-corrected chi connectivity index (χ0v) is 11.9. The molecule has 1 unspecified atom stereocenters. The van der Waals surface area contributed by atoms with Gasteiger partial charge in [0, 0.05) is 6.04 Å². The van der Waals surface area contributed by atoms with Gasteiger partial charge in [0.15, 0.2) is 0 Å². The van der Waals surface area contributed by atoms with E-state index in [1.54, 1.807) is 0 Å². The molecule has 3 N–H and O–H groups in total. The largest absolute Gasteiger partial charge is 0.271 e. The quantitative estimate of drug-likeness (QED) is 0.497. The number of hydrogen-bond donors (Lipinski definition) is 2. The summed E-state index contributed by atoms with van der Waals surface area (Å²) < 4.78 is 0. The van der Waals surface area contributed by atoms with Crippen molar-refractivity contribution < 1.29 is 0 Å². The molecule has 1 fully saturated rings. The van der Waals surface area contributed by atoms with Gasteiger partial charge in [0.2, 0.25) is 0 Å². The highest BCUT2D eigenvalue weighted by atomic mass is 15.2. The summed E-state index contributed by atoms with van der Waals surface area (Å²) in [5, 5.41) is 0. The van der Waals surface area contributed by atoms with Crippen molar-refractivity contribution in [2.75, 3.05) is 0 Å².